The third kappa shape index (κ3) is 57.5. The molecule has 0 bridgehead atoms. The predicted molar refractivity (Wildman–Crippen MR) is 311 cm³/mol. The van der Waals surface area contributed by atoms with Crippen LogP contribution in [0.3, 0.4) is 0 Å². The van der Waals surface area contributed by atoms with Crippen molar-refractivity contribution in [3.05, 3.63) is 85.1 Å². The fourth-order valence-corrected chi connectivity index (χ4v) is 8.56. The largest absolute Gasteiger partial charge is 0.462 e. The molecule has 1 unspecified atom stereocenters. The molecule has 6 nitrogen and oxygen atoms in total. The molecule has 0 amide bonds. The van der Waals surface area contributed by atoms with E-state index in [4.69, 9.17) is 14.2 Å². The molecule has 0 aromatic rings. The number of rotatable bonds is 55. The second kappa shape index (κ2) is 60.1. The minimum Gasteiger partial charge on any atom is -0.462 e. The number of allylic oxidation sites excluding steroid dienone is 14. The van der Waals surface area contributed by atoms with Gasteiger partial charge in [0, 0.05) is 19.3 Å². The highest BCUT2D eigenvalue weighted by Gasteiger charge is 2.19. The average Bonchev–Trinajstić information content (AvgIpc) is 3.38. The van der Waals surface area contributed by atoms with Crippen molar-refractivity contribution in [3.8, 4) is 0 Å². The highest BCUT2D eigenvalue weighted by Crippen LogP contribution is 2.16. The number of carbonyl (C=O) groups is 3. The maximum absolute atomic E-state index is 12.9. The first-order valence-electron chi connectivity index (χ1n) is 30.6. The fraction of sp³-hybridized carbons (Fsp3) is 0.742. The molecule has 0 fully saturated rings. The Hall–Kier alpha value is -3.41. The Morgan fingerprint density at radius 1 is 0.292 bits per heavy atom. The monoisotopic (exact) mass is 1000 g/mol. The van der Waals surface area contributed by atoms with Gasteiger partial charge in [-0.1, -0.05) is 266 Å². The van der Waals surface area contributed by atoms with Gasteiger partial charge >= 0.3 is 17.9 Å². The van der Waals surface area contributed by atoms with Crippen molar-refractivity contribution in [1.29, 1.82) is 0 Å². The zero-order valence-electron chi connectivity index (χ0n) is 47.4. The van der Waals surface area contributed by atoms with Crippen LogP contribution < -0.4 is 0 Å². The lowest BCUT2D eigenvalue weighted by Crippen LogP contribution is -2.30. The summed E-state index contributed by atoms with van der Waals surface area (Å²) < 4.78 is 16.9. The molecule has 0 radical (unpaired) electrons. The molecule has 0 aromatic carbocycles. The summed E-state index contributed by atoms with van der Waals surface area (Å²) in [5.74, 6) is -0.905. The Morgan fingerprint density at radius 2 is 0.542 bits per heavy atom. The second-order valence-electron chi connectivity index (χ2n) is 20.2. The van der Waals surface area contributed by atoms with E-state index in [1.807, 2.05) is 0 Å². The molecule has 414 valence electrons. The number of esters is 3. The zero-order valence-corrected chi connectivity index (χ0v) is 47.4. The summed E-state index contributed by atoms with van der Waals surface area (Å²) in [4.78, 5) is 38.2. The summed E-state index contributed by atoms with van der Waals surface area (Å²) in [6.45, 7) is 6.51. The molecular weight excluding hydrogens is 889 g/mol. The van der Waals surface area contributed by atoms with Crippen molar-refractivity contribution in [3.63, 3.8) is 0 Å². The van der Waals surface area contributed by atoms with Crippen LogP contribution in [0.4, 0.5) is 0 Å². The van der Waals surface area contributed by atoms with Crippen LogP contribution in [0.2, 0.25) is 0 Å². The summed E-state index contributed by atoms with van der Waals surface area (Å²) >= 11 is 0. The Balaban J connectivity index is 4.33. The van der Waals surface area contributed by atoms with Gasteiger partial charge in [-0.3, -0.25) is 14.4 Å². The lowest BCUT2D eigenvalue weighted by Gasteiger charge is -2.18. The van der Waals surface area contributed by atoms with E-state index in [1.165, 1.54) is 148 Å². The van der Waals surface area contributed by atoms with Crippen LogP contribution in [0.1, 0.15) is 297 Å². The molecule has 0 N–H and O–H groups in total. The molecule has 0 rings (SSSR count). The van der Waals surface area contributed by atoms with E-state index >= 15 is 0 Å². The van der Waals surface area contributed by atoms with E-state index in [2.05, 4.69) is 106 Å². The first-order chi connectivity index (χ1) is 35.5. The molecule has 1 atom stereocenters. The van der Waals surface area contributed by atoms with Crippen LogP contribution in [0, 0.1) is 0 Å². The maximum Gasteiger partial charge on any atom is 0.306 e. The maximum atomic E-state index is 12.9. The quantitative estimate of drug-likeness (QED) is 0.0261. The highest BCUT2D eigenvalue weighted by atomic mass is 16.6. The van der Waals surface area contributed by atoms with E-state index in [0.717, 1.165) is 109 Å². The van der Waals surface area contributed by atoms with Gasteiger partial charge in [-0.05, 0) is 96.3 Å². The predicted octanol–water partition coefficient (Wildman–Crippen LogP) is 20.7. The lowest BCUT2D eigenvalue weighted by molar-refractivity contribution is -0.167. The third-order valence-corrected chi connectivity index (χ3v) is 13.1. The van der Waals surface area contributed by atoms with Gasteiger partial charge in [0.2, 0.25) is 0 Å². The van der Waals surface area contributed by atoms with Gasteiger partial charge < -0.3 is 14.2 Å². The van der Waals surface area contributed by atoms with Crippen molar-refractivity contribution < 1.29 is 28.6 Å². The van der Waals surface area contributed by atoms with Gasteiger partial charge in [-0.2, -0.15) is 0 Å². The molecule has 0 saturated carbocycles. The van der Waals surface area contributed by atoms with E-state index in [-0.39, 0.29) is 31.1 Å². The molecule has 0 aliphatic rings. The first-order valence-corrected chi connectivity index (χ1v) is 30.6. The van der Waals surface area contributed by atoms with Gasteiger partial charge in [0.1, 0.15) is 13.2 Å². The number of unbranched alkanes of at least 4 members (excludes halogenated alkanes) is 30. The third-order valence-electron chi connectivity index (χ3n) is 13.1. The smallest absolute Gasteiger partial charge is 0.306 e. The highest BCUT2D eigenvalue weighted by molar-refractivity contribution is 5.71. The van der Waals surface area contributed by atoms with Crippen LogP contribution in [-0.2, 0) is 28.6 Å². The summed E-state index contributed by atoms with van der Waals surface area (Å²) in [5, 5.41) is 0. The Bertz CT molecular complexity index is 1380. The zero-order chi connectivity index (χ0) is 52.2. The van der Waals surface area contributed by atoms with Crippen LogP contribution in [0.25, 0.3) is 0 Å². The van der Waals surface area contributed by atoms with Gasteiger partial charge in [0.05, 0.1) is 0 Å². The molecular formula is C66H114O6. The van der Waals surface area contributed by atoms with Crippen molar-refractivity contribution in [2.75, 3.05) is 13.2 Å². The van der Waals surface area contributed by atoms with Crippen LogP contribution in [-0.4, -0.2) is 37.2 Å². The summed E-state index contributed by atoms with van der Waals surface area (Å²) in [7, 11) is 0. The molecule has 0 spiro atoms. The van der Waals surface area contributed by atoms with Crippen LogP contribution in [0.5, 0.6) is 0 Å². The lowest BCUT2D eigenvalue weighted by atomic mass is 10.0. The minimum atomic E-state index is -0.790. The van der Waals surface area contributed by atoms with E-state index in [0.29, 0.717) is 19.3 Å². The Labute approximate surface area is 445 Å². The first kappa shape index (κ1) is 68.6. The van der Waals surface area contributed by atoms with Gasteiger partial charge in [0.25, 0.3) is 0 Å². The molecule has 6 heteroatoms. The minimum absolute atomic E-state index is 0.0856. The van der Waals surface area contributed by atoms with Gasteiger partial charge in [-0.15, -0.1) is 0 Å². The normalized spacial score (nSPS) is 12.7. The molecule has 0 aromatic heterocycles. The van der Waals surface area contributed by atoms with E-state index in [9.17, 15) is 14.4 Å². The number of hydrogen-bond donors (Lipinski definition) is 0. The van der Waals surface area contributed by atoms with Gasteiger partial charge in [-0.25, -0.2) is 0 Å². The summed E-state index contributed by atoms with van der Waals surface area (Å²) in [6, 6.07) is 0. The SMILES string of the molecule is CC/C=C\C/C=C\C/C=C\C/C=C\CCCCCCC(=O)OC(COC(=O)CCCCCCCCCCCC/C=C\C/C=C\C/C=C\CCCCCCC)COC(=O)CCCCCCCCCCCCCC. The number of carbonyl (C=O) groups excluding carboxylic acids is 3. The second-order valence-corrected chi connectivity index (χ2v) is 20.2. The molecule has 72 heavy (non-hydrogen) atoms. The van der Waals surface area contributed by atoms with Crippen LogP contribution in [0.15, 0.2) is 85.1 Å². The molecule has 0 saturated heterocycles. The summed E-state index contributed by atoms with van der Waals surface area (Å²) in [6.07, 6.45) is 78.7. The molecule has 0 aliphatic carbocycles. The van der Waals surface area contributed by atoms with Crippen molar-refractivity contribution in [1.82, 2.24) is 0 Å². The topological polar surface area (TPSA) is 78.9 Å². The van der Waals surface area contributed by atoms with E-state index < -0.39 is 6.10 Å². The van der Waals surface area contributed by atoms with E-state index in [1.54, 1.807) is 0 Å². The molecule has 0 heterocycles. The molecule has 0 aliphatic heterocycles. The fourth-order valence-electron chi connectivity index (χ4n) is 8.56. The summed E-state index contributed by atoms with van der Waals surface area (Å²) in [5.41, 5.74) is 0. The van der Waals surface area contributed by atoms with Crippen molar-refractivity contribution in [2.45, 2.75) is 303 Å². The van der Waals surface area contributed by atoms with Gasteiger partial charge in [0.15, 0.2) is 6.10 Å². The standard InChI is InChI=1S/C66H114O6/c1-4-7-10-13-16-19-22-25-27-29-30-31-32-33-34-35-36-38-39-41-44-47-50-53-56-59-65(68)71-62-63(61-70-64(67)58-55-52-49-46-43-24-21-18-15-12-9-6-3)72-66(69)60-57-54-51-48-45-42-40-37-28-26-23-20-17-14-11-8-5-2/h8,11,17,20,22,25-26,28-30,32-33,40,42,63H,4-7,9-10,12-16,18-19,21,23-24,27,31,34-39,41,43-62H2,1-3H3/b11-8-,20-17-,25-22-,28-26-,30-29-,33-32-,42-40-. The Morgan fingerprint density at radius 3 is 0.847 bits per heavy atom. The Kier molecular flexibility index (Phi) is 57.3. The average molecular weight is 1000 g/mol. The number of ether oxygens (including phenoxy) is 3. The van der Waals surface area contributed by atoms with Crippen molar-refractivity contribution >= 4 is 17.9 Å². The van der Waals surface area contributed by atoms with Crippen LogP contribution >= 0.6 is 0 Å². The van der Waals surface area contributed by atoms with Crippen molar-refractivity contribution in [2.24, 2.45) is 0 Å². The number of hydrogen-bond acceptors (Lipinski definition) is 6.